The highest BCUT2D eigenvalue weighted by molar-refractivity contribution is 8.04. The first-order valence-electron chi connectivity index (χ1n) is 9.33. The highest BCUT2D eigenvalue weighted by Gasteiger charge is 2.44. The third kappa shape index (κ3) is 4.30. The van der Waals surface area contributed by atoms with E-state index in [-0.39, 0.29) is 21.3 Å². The second-order valence-electron chi connectivity index (χ2n) is 6.80. The largest absolute Gasteiger partial charge is 0.416 e. The van der Waals surface area contributed by atoms with Gasteiger partial charge in [0.25, 0.3) is 11.8 Å². The number of nitrogens with zero attached hydrogens (tertiary/aromatic N) is 2. The smallest absolute Gasteiger partial charge is 0.378 e. The summed E-state index contributed by atoms with van der Waals surface area (Å²) in [4.78, 5) is 30.0. The molecular formula is C21H16ClF3N2O3S. The van der Waals surface area contributed by atoms with Crippen LogP contribution in [0.1, 0.15) is 5.56 Å². The Morgan fingerprint density at radius 3 is 2.29 bits per heavy atom. The van der Waals surface area contributed by atoms with Crippen LogP contribution in [-0.2, 0) is 20.5 Å². The number of ether oxygens (including phenoxy) is 1. The van der Waals surface area contributed by atoms with Crippen LogP contribution in [0.15, 0.2) is 64.0 Å². The fourth-order valence-corrected chi connectivity index (χ4v) is 4.56. The van der Waals surface area contributed by atoms with Crippen molar-refractivity contribution in [2.75, 3.05) is 31.2 Å². The fraction of sp³-hybridized carbons (Fsp3) is 0.238. The van der Waals surface area contributed by atoms with Gasteiger partial charge in [0.1, 0.15) is 10.6 Å². The molecule has 2 aromatic rings. The second-order valence-corrected chi connectivity index (χ2v) is 8.29. The van der Waals surface area contributed by atoms with E-state index in [1.165, 1.54) is 0 Å². The molecule has 0 bridgehead atoms. The molecule has 0 aliphatic carbocycles. The van der Waals surface area contributed by atoms with Crippen LogP contribution >= 0.6 is 23.4 Å². The Kier molecular flexibility index (Phi) is 6.00. The molecule has 2 aliphatic heterocycles. The number of halogens is 4. The number of imide groups is 1. The van der Waals surface area contributed by atoms with Gasteiger partial charge in [0, 0.05) is 18.0 Å². The van der Waals surface area contributed by atoms with Gasteiger partial charge in [-0.3, -0.25) is 9.59 Å². The number of thioether (sulfide) groups is 1. The zero-order valence-electron chi connectivity index (χ0n) is 16.0. The van der Waals surface area contributed by atoms with Gasteiger partial charge in [0.05, 0.1) is 29.5 Å². The number of hydrogen-bond acceptors (Lipinski definition) is 5. The van der Waals surface area contributed by atoms with Crippen molar-refractivity contribution in [1.29, 1.82) is 0 Å². The summed E-state index contributed by atoms with van der Waals surface area (Å²) in [5.41, 5.74) is -1.14. The van der Waals surface area contributed by atoms with Crippen LogP contribution in [0.4, 0.5) is 18.9 Å². The minimum atomic E-state index is -4.65. The quantitative estimate of drug-likeness (QED) is 0.615. The first-order valence-corrected chi connectivity index (χ1v) is 10.5. The van der Waals surface area contributed by atoms with Gasteiger partial charge in [0.15, 0.2) is 0 Å². The van der Waals surface area contributed by atoms with E-state index < -0.39 is 23.6 Å². The Bertz CT molecular complexity index is 1050. The van der Waals surface area contributed by atoms with Crippen molar-refractivity contribution in [3.8, 4) is 0 Å². The number of benzene rings is 2. The Balaban J connectivity index is 1.78. The highest BCUT2D eigenvalue weighted by Crippen LogP contribution is 2.42. The number of carbonyl (C=O) groups is 2. The van der Waals surface area contributed by atoms with Gasteiger partial charge in [-0.05, 0) is 30.3 Å². The molecule has 10 heteroatoms. The molecule has 0 N–H and O–H groups in total. The molecule has 4 rings (SSSR count). The Morgan fingerprint density at radius 1 is 0.968 bits per heavy atom. The molecule has 0 unspecified atom stereocenters. The molecule has 31 heavy (non-hydrogen) atoms. The third-order valence-electron chi connectivity index (χ3n) is 4.82. The zero-order chi connectivity index (χ0) is 22.2. The minimum absolute atomic E-state index is 0.123. The van der Waals surface area contributed by atoms with Gasteiger partial charge in [-0.15, -0.1) is 0 Å². The molecule has 2 heterocycles. The maximum atomic E-state index is 13.3. The van der Waals surface area contributed by atoms with E-state index in [0.717, 1.165) is 39.8 Å². The maximum Gasteiger partial charge on any atom is 0.416 e. The maximum absolute atomic E-state index is 13.3. The predicted octanol–water partition coefficient (Wildman–Crippen LogP) is 4.57. The van der Waals surface area contributed by atoms with Crippen LogP contribution in [0.5, 0.6) is 0 Å². The van der Waals surface area contributed by atoms with E-state index in [4.69, 9.17) is 16.3 Å². The van der Waals surface area contributed by atoms with Crippen LogP contribution in [0, 0.1) is 0 Å². The van der Waals surface area contributed by atoms with Crippen molar-refractivity contribution in [2.24, 2.45) is 0 Å². The minimum Gasteiger partial charge on any atom is -0.378 e. The molecular weight excluding hydrogens is 453 g/mol. The number of carbonyl (C=O) groups excluding carboxylic acids is 2. The molecule has 1 fully saturated rings. The first kappa shape index (κ1) is 21.7. The normalized spacial score (nSPS) is 17.7. The van der Waals surface area contributed by atoms with E-state index in [9.17, 15) is 22.8 Å². The topological polar surface area (TPSA) is 49.9 Å². The number of morpholine rings is 1. The molecule has 2 aliphatic rings. The molecule has 0 atom stereocenters. The van der Waals surface area contributed by atoms with Crippen molar-refractivity contribution < 1.29 is 27.5 Å². The molecule has 162 valence electrons. The SMILES string of the molecule is O=C1C(Sc2ccccc2)=C(N2CCOCC2)C(=O)N1c1cc(C(F)(F)F)ccc1Cl. The van der Waals surface area contributed by atoms with Gasteiger partial charge in [-0.2, -0.15) is 13.2 Å². The highest BCUT2D eigenvalue weighted by atomic mass is 35.5. The second kappa shape index (κ2) is 8.57. The summed E-state index contributed by atoms with van der Waals surface area (Å²) in [7, 11) is 0. The molecule has 0 saturated carbocycles. The molecule has 0 aromatic heterocycles. The summed E-state index contributed by atoms with van der Waals surface area (Å²) in [6.45, 7) is 1.52. The van der Waals surface area contributed by atoms with Crippen molar-refractivity contribution in [1.82, 2.24) is 4.90 Å². The van der Waals surface area contributed by atoms with Gasteiger partial charge < -0.3 is 9.64 Å². The summed E-state index contributed by atoms with van der Waals surface area (Å²) in [5.74, 6) is -1.41. The summed E-state index contributed by atoms with van der Waals surface area (Å²) in [5, 5.41) is -0.123. The summed E-state index contributed by atoms with van der Waals surface area (Å²) in [6.07, 6.45) is -4.65. The van der Waals surface area contributed by atoms with Crippen molar-refractivity contribution in [2.45, 2.75) is 11.1 Å². The van der Waals surface area contributed by atoms with E-state index in [1.807, 2.05) is 6.07 Å². The Labute approximate surface area is 185 Å². The molecule has 0 radical (unpaired) electrons. The summed E-state index contributed by atoms with van der Waals surface area (Å²) >= 11 is 7.22. The molecule has 0 spiro atoms. The van der Waals surface area contributed by atoms with E-state index >= 15 is 0 Å². The lowest BCUT2D eigenvalue weighted by atomic mass is 10.2. The lowest BCUT2D eigenvalue weighted by Crippen LogP contribution is -2.40. The lowest BCUT2D eigenvalue weighted by molar-refractivity contribution is -0.137. The van der Waals surface area contributed by atoms with Crippen LogP contribution in [0.3, 0.4) is 0 Å². The third-order valence-corrected chi connectivity index (χ3v) is 6.22. The summed E-state index contributed by atoms with van der Waals surface area (Å²) < 4.78 is 45.1. The standard InChI is InChI=1S/C21H16ClF3N2O3S/c22-15-7-6-13(21(23,24)25)12-16(15)27-19(28)17(26-8-10-30-11-9-26)18(20(27)29)31-14-4-2-1-3-5-14/h1-7,12H,8-11H2. The van der Waals surface area contributed by atoms with Crippen LogP contribution in [-0.4, -0.2) is 43.0 Å². The van der Waals surface area contributed by atoms with Crippen LogP contribution in [0.2, 0.25) is 5.02 Å². The number of alkyl halides is 3. The Morgan fingerprint density at radius 2 is 1.65 bits per heavy atom. The summed E-state index contributed by atoms with van der Waals surface area (Å²) in [6, 6.07) is 11.5. The van der Waals surface area contributed by atoms with Gasteiger partial charge >= 0.3 is 6.18 Å². The fourth-order valence-electron chi connectivity index (χ4n) is 3.34. The predicted molar refractivity (Wildman–Crippen MR) is 111 cm³/mol. The zero-order valence-corrected chi connectivity index (χ0v) is 17.6. The molecule has 5 nitrogen and oxygen atoms in total. The van der Waals surface area contributed by atoms with E-state index in [0.29, 0.717) is 26.3 Å². The van der Waals surface area contributed by atoms with Gasteiger partial charge in [-0.25, -0.2) is 4.90 Å². The molecule has 2 aromatic carbocycles. The lowest BCUT2D eigenvalue weighted by Gasteiger charge is -2.29. The van der Waals surface area contributed by atoms with Crippen molar-refractivity contribution in [3.05, 3.63) is 69.7 Å². The number of amides is 2. The van der Waals surface area contributed by atoms with Gasteiger partial charge in [0.2, 0.25) is 0 Å². The van der Waals surface area contributed by atoms with Crippen LogP contribution < -0.4 is 4.90 Å². The van der Waals surface area contributed by atoms with Gasteiger partial charge in [-0.1, -0.05) is 41.6 Å². The molecule has 2 amide bonds. The number of anilines is 1. The van der Waals surface area contributed by atoms with Crippen molar-refractivity contribution in [3.63, 3.8) is 0 Å². The molecule has 1 saturated heterocycles. The van der Waals surface area contributed by atoms with E-state index in [1.54, 1.807) is 29.2 Å². The Hall–Kier alpha value is -2.49. The average molecular weight is 469 g/mol. The first-order chi connectivity index (χ1) is 14.8. The number of rotatable bonds is 4. The average Bonchev–Trinajstić information content (AvgIpc) is 2.98. The number of hydrogen-bond donors (Lipinski definition) is 0. The van der Waals surface area contributed by atoms with E-state index in [2.05, 4.69) is 0 Å². The monoisotopic (exact) mass is 468 g/mol. The van der Waals surface area contributed by atoms with Crippen molar-refractivity contribution >= 4 is 40.9 Å². The van der Waals surface area contributed by atoms with Crippen LogP contribution in [0.25, 0.3) is 0 Å².